The van der Waals surface area contributed by atoms with E-state index in [0.717, 1.165) is 44.8 Å². The van der Waals surface area contributed by atoms with Crippen LogP contribution in [-0.2, 0) is 4.79 Å². The second-order valence-corrected chi connectivity index (χ2v) is 6.94. The van der Waals surface area contributed by atoms with Gasteiger partial charge < -0.3 is 19.7 Å². The first-order valence-electron chi connectivity index (χ1n) is 8.64. The summed E-state index contributed by atoms with van der Waals surface area (Å²) in [7, 11) is 0. The maximum absolute atomic E-state index is 12.7. The van der Waals surface area contributed by atoms with Crippen molar-refractivity contribution in [2.24, 2.45) is 5.41 Å². The molecule has 24 heavy (non-hydrogen) atoms. The van der Waals surface area contributed by atoms with Gasteiger partial charge in [-0.1, -0.05) is 12.1 Å². The van der Waals surface area contributed by atoms with Gasteiger partial charge in [0.15, 0.2) is 11.5 Å². The smallest absolute Gasteiger partial charge is 0.267 e. The van der Waals surface area contributed by atoms with Crippen LogP contribution < -0.4 is 14.8 Å². The molecular formula is C18H25ClN2O3. The predicted molar refractivity (Wildman–Crippen MR) is 94.0 cm³/mol. The van der Waals surface area contributed by atoms with Gasteiger partial charge in [0.1, 0.15) is 6.61 Å². The van der Waals surface area contributed by atoms with Gasteiger partial charge in [0.05, 0.1) is 0 Å². The Balaban J connectivity index is 0.00000169. The van der Waals surface area contributed by atoms with Gasteiger partial charge in [0.2, 0.25) is 6.10 Å². The molecule has 1 aromatic rings. The van der Waals surface area contributed by atoms with Gasteiger partial charge in [-0.2, -0.15) is 0 Å². The zero-order chi connectivity index (χ0) is 15.7. The number of fused-ring (bicyclic) bond motifs is 1. The molecule has 0 bridgehead atoms. The summed E-state index contributed by atoms with van der Waals surface area (Å²) >= 11 is 0. The first kappa shape index (κ1) is 17.4. The van der Waals surface area contributed by atoms with Gasteiger partial charge in [-0.25, -0.2) is 0 Å². The van der Waals surface area contributed by atoms with Crippen LogP contribution >= 0.6 is 12.4 Å². The molecule has 1 spiro atoms. The lowest BCUT2D eigenvalue weighted by Crippen LogP contribution is -2.52. The van der Waals surface area contributed by atoms with Crippen LogP contribution in [-0.4, -0.2) is 49.7 Å². The number of hydrogen-bond acceptors (Lipinski definition) is 4. The van der Waals surface area contributed by atoms with Crippen LogP contribution in [0, 0.1) is 5.41 Å². The van der Waals surface area contributed by atoms with Crippen LogP contribution in [0.15, 0.2) is 24.3 Å². The number of carbonyl (C=O) groups excluding carboxylic acids is 1. The van der Waals surface area contributed by atoms with E-state index in [-0.39, 0.29) is 18.3 Å². The maximum Gasteiger partial charge on any atom is 0.267 e. The molecule has 1 N–H and O–H groups in total. The van der Waals surface area contributed by atoms with Gasteiger partial charge in [0.25, 0.3) is 5.91 Å². The molecule has 132 valence electrons. The molecule has 0 aliphatic carbocycles. The largest absolute Gasteiger partial charge is 0.485 e. The van der Waals surface area contributed by atoms with Crippen molar-refractivity contribution in [3.8, 4) is 11.5 Å². The molecule has 0 aromatic heterocycles. The third kappa shape index (κ3) is 3.33. The molecule has 3 aliphatic heterocycles. The van der Waals surface area contributed by atoms with Crippen LogP contribution in [0.5, 0.6) is 11.5 Å². The predicted octanol–water partition coefficient (Wildman–Crippen LogP) is 2.24. The number of rotatable bonds is 1. The maximum atomic E-state index is 12.7. The lowest BCUT2D eigenvalue weighted by atomic mass is 9.71. The van der Waals surface area contributed by atoms with E-state index in [1.54, 1.807) is 0 Å². The molecular weight excluding hydrogens is 328 g/mol. The molecule has 2 fully saturated rings. The number of benzene rings is 1. The average Bonchev–Trinajstić information content (AvgIpc) is 2.62. The molecule has 0 radical (unpaired) electrons. The molecule has 0 saturated carbocycles. The van der Waals surface area contributed by atoms with Crippen molar-refractivity contribution in [1.29, 1.82) is 0 Å². The minimum absolute atomic E-state index is 0. The Morgan fingerprint density at radius 2 is 1.75 bits per heavy atom. The summed E-state index contributed by atoms with van der Waals surface area (Å²) in [5.74, 6) is 1.47. The van der Waals surface area contributed by atoms with E-state index in [1.165, 1.54) is 12.8 Å². The van der Waals surface area contributed by atoms with E-state index in [0.29, 0.717) is 17.8 Å². The number of likely N-dealkylation sites (tertiary alicyclic amines) is 1. The van der Waals surface area contributed by atoms with Gasteiger partial charge >= 0.3 is 0 Å². The number of piperidine rings is 2. The molecule has 2 saturated heterocycles. The fourth-order valence-electron chi connectivity index (χ4n) is 4.00. The fourth-order valence-corrected chi connectivity index (χ4v) is 4.00. The second kappa shape index (κ2) is 7.19. The highest BCUT2D eigenvalue weighted by atomic mass is 35.5. The minimum Gasteiger partial charge on any atom is -0.485 e. The third-order valence-corrected chi connectivity index (χ3v) is 5.58. The molecule has 3 aliphatic rings. The second-order valence-electron chi connectivity index (χ2n) is 6.94. The number of amides is 1. The number of carbonyl (C=O) groups is 1. The molecule has 1 unspecified atom stereocenters. The number of para-hydroxylation sites is 2. The topological polar surface area (TPSA) is 50.8 Å². The van der Waals surface area contributed by atoms with Crippen molar-refractivity contribution in [2.45, 2.75) is 31.8 Å². The quantitative estimate of drug-likeness (QED) is 0.842. The summed E-state index contributed by atoms with van der Waals surface area (Å²) in [5, 5.41) is 3.43. The van der Waals surface area contributed by atoms with Crippen molar-refractivity contribution >= 4 is 18.3 Å². The first-order valence-corrected chi connectivity index (χ1v) is 8.64. The standard InChI is InChI=1S/C18H24N2O3.ClH/c21-17(16-13-22-14-3-1-2-4-15(14)23-16)20-11-7-18(8-12-20)5-9-19-10-6-18;/h1-4,16,19H,5-13H2;1H. The van der Waals surface area contributed by atoms with Crippen molar-refractivity contribution in [3.05, 3.63) is 24.3 Å². The average molecular weight is 353 g/mol. The first-order chi connectivity index (χ1) is 11.3. The molecule has 3 heterocycles. The van der Waals surface area contributed by atoms with Crippen LogP contribution in [0.2, 0.25) is 0 Å². The summed E-state index contributed by atoms with van der Waals surface area (Å²) in [6, 6.07) is 7.54. The molecule has 1 atom stereocenters. The SMILES string of the molecule is Cl.O=C(C1COc2ccccc2O1)N1CCC2(CCNCC2)CC1. The number of nitrogens with one attached hydrogen (secondary N) is 1. The van der Waals surface area contributed by atoms with Crippen LogP contribution in [0.3, 0.4) is 0 Å². The number of nitrogens with zero attached hydrogens (tertiary/aromatic N) is 1. The van der Waals surface area contributed by atoms with Crippen LogP contribution in [0.4, 0.5) is 0 Å². The summed E-state index contributed by atoms with van der Waals surface area (Å²) in [6.07, 6.45) is 4.21. The monoisotopic (exact) mass is 352 g/mol. The molecule has 1 aromatic carbocycles. The summed E-state index contributed by atoms with van der Waals surface area (Å²) < 4.78 is 11.5. The Labute approximate surface area is 149 Å². The highest BCUT2D eigenvalue weighted by Crippen LogP contribution is 2.40. The van der Waals surface area contributed by atoms with Crippen molar-refractivity contribution in [2.75, 3.05) is 32.8 Å². The Bertz CT molecular complexity index is 579. The summed E-state index contributed by atoms with van der Waals surface area (Å²) in [4.78, 5) is 14.7. The van der Waals surface area contributed by atoms with Gasteiger partial charge in [-0.05, 0) is 56.3 Å². The summed E-state index contributed by atoms with van der Waals surface area (Å²) in [6.45, 7) is 4.23. The Hall–Kier alpha value is -1.46. The zero-order valence-corrected chi connectivity index (χ0v) is 14.6. The Kier molecular flexibility index (Phi) is 5.21. The van der Waals surface area contributed by atoms with Crippen LogP contribution in [0.25, 0.3) is 0 Å². The third-order valence-electron chi connectivity index (χ3n) is 5.58. The molecule has 1 amide bonds. The molecule has 6 heteroatoms. The minimum atomic E-state index is -0.507. The van der Waals surface area contributed by atoms with E-state index >= 15 is 0 Å². The zero-order valence-electron chi connectivity index (χ0n) is 13.8. The van der Waals surface area contributed by atoms with Crippen LogP contribution in [0.1, 0.15) is 25.7 Å². The van der Waals surface area contributed by atoms with Gasteiger partial charge in [0, 0.05) is 13.1 Å². The van der Waals surface area contributed by atoms with E-state index < -0.39 is 6.10 Å². The Morgan fingerprint density at radius 3 is 2.46 bits per heavy atom. The lowest BCUT2D eigenvalue weighted by Gasteiger charge is -2.45. The number of halogens is 1. The van der Waals surface area contributed by atoms with E-state index in [2.05, 4.69) is 5.32 Å². The summed E-state index contributed by atoms with van der Waals surface area (Å²) in [5.41, 5.74) is 0.457. The van der Waals surface area contributed by atoms with Crippen molar-refractivity contribution in [1.82, 2.24) is 10.2 Å². The number of ether oxygens (including phenoxy) is 2. The highest BCUT2D eigenvalue weighted by Gasteiger charge is 2.39. The number of hydrogen-bond donors (Lipinski definition) is 1. The van der Waals surface area contributed by atoms with E-state index in [9.17, 15) is 4.79 Å². The van der Waals surface area contributed by atoms with Gasteiger partial charge in [-0.3, -0.25) is 4.79 Å². The normalized spacial score (nSPS) is 25.0. The highest BCUT2D eigenvalue weighted by molar-refractivity contribution is 5.85. The fraction of sp³-hybridized carbons (Fsp3) is 0.611. The molecule has 5 nitrogen and oxygen atoms in total. The van der Waals surface area contributed by atoms with E-state index in [1.807, 2.05) is 29.2 Å². The van der Waals surface area contributed by atoms with E-state index in [4.69, 9.17) is 9.47 Å². The van der Waals surface area contributed by atoms with Crippen molar-refractivity contribution < 1.29 is 14.3 Å². The van der Waals surface area contributed by atoms with Gasteiger partial charge in [-0.15, -0.1) is 12.4 Å². The Morgan fingerprint density at radius 1 is 1.08 bits per heavy atom. The van der Waals surface area contributed by atoms with Crippen molar-refractivity contribution in [3.63, 3.8) is 0 Å². The lowest BCUT2D eigenvalue weighted by molar-refractivity contribution is -0.143. The molecule has 4 rings (SSSR count).